The van der Waals surface area contributed by atoms with Gasteiger partial charge in [0.15, 0.2) is 6.61 Å². The Morgan fingerprint density at radius 1 is 1.11 bits per heavy atom. The molecule has 1 fully saturated rings. The molecule has 1 aliphatic heterocycles. The third-order valence-electron chi connectivity index (χ3n) is 4.77. The first-order valence-corrected chi connectivity index (χ1v) is 9.90. The van der Waals surface area contributed by atoms with Crippen LogP contribution in [-0.2, 0) is 11.3 Å². The fourth-order valence-corrected chi connectivity index (χ4v) is 3.62. The Labute approximate surface area is 170 Å². The largest absolute Gasteiger partial charge is 0.484 e. The molecule has 1 N–H and O–H groups in total. The van der Waals surface area contributed by atoms with Gasteiger partial charge in [-0.1, -0.05) is 35.3 Å². The number of aryl methyl sites for hydroxylation is 1. The number of ether oxygens (including phenoxy) is 1. The third-order valence-corrected chi connectivity index (χ3v) is 5.25. The van der Waals surface area contributed by atoms with Crippen LogP contribution in [-0.4, -0.2) is 36.5 Å². The summed E-state index contributed by atoms with van der Waals surface area (Å²) >= 11 is 11.9. The summed E-state index contributed by atoms with van der Waals surface area (Å²) < 4.78 is 5.61. The number of piperidine rings is 1. The lowest BCUT2D eigenvalue weighted by atomic mass is 10.0. The predicted molar refractivity (Wildman–Crippen MR) is 110 cm³/mol. The number of amides is 1. The second kappa shape index (κ2) is 9.45. The van der Waals surface area contributed by atoms with Crippen LogP contribution in [0.3, 0.4) is 0 Å². The van der Waals surface area contributed by atoms with E-state index >= 15 is 0 Å². The SMILES string of the molecule is Cc1cc(Cl)ccc1OCC(=O)NC1CCN(Cc2ccc(Cl)cc2)CC1. The van der Waals surface area contributed by atoms with Crippen molar-refractivity contribution in [3.8, 4) is 5.75 Å². The molecule has 0 saturated carbocycles. The summed E-state index contributed by atoms with van der Waals surface area (Å²) in [5.41, 5.74) is 2.18. The molecule has 2 aromatic carbocycles. The van der Waals surface area contributed by atoms with Crippen molar-refractivity contribution in [2.75, 3.05) is 19.7 Å². The maximum Gasteiger partial charge on any atom is 0.258 e. The van der Waals surface area contributed by atoms with E-state index in [0.29, 0.717) is 10.8 Å². The van der Waals surface area contributed by atoms with Gasteiger partial charge in [-0.3, -0.25) is 9.69 Å². The molecule has 1 heterocycles. The molecule has 144 valence electrons. The van der Waals surface area contributed by atoms with E-state index in [1.165, 1.54) is 5.56 Å². The van der Waals surface area contributed by atoms with Crippen molar-refractivity contribution in [3.63, 3.8) is 0 Å². The van der Waals surface area contributed by atoms with Crippen LogP contribution in [0.25, 0.3) is 0 Å². The molecule has 0 unspecified atom stereocenters. The standard InChI is InChI=1S/C21H24Cl2N2O2/c1-15-12-18(23)6-7-20(15)27-14-21(26)24-19-8-10-25(11-9-19)13-16-2-4-17(22)5-3-16/h2-7,12,19H,8-11,13-14H2,1H3,(H,24,26). The van der Waals surface area contributed by atoms with Gasteiger partial charge < -0.3 is 10.1 Å². The first-order chi connectivity index (χ1) is 13.0. The van der Waals surface area contributed by atoms with Crippen molar-refractivity contribution in [1.29, 1.82) is 0 Å². The van der Waals surface area contributed by atoms with E-state index in [0.717, 1.165) is 43.1 Å². The number of likely N-dealkylation sites (tertiary alicyclic amines) is 1. The second-order valence-electron chi connectivity index (χ2n) is 6.94. The van der Waals surface area contributed by atoms with Gasteiger partial charge in [-0.25, -0.2) is 0 Å². The summed E-state index contributed by atoms with van der Waals surface area (Å²) in [5.74, 6) is 0.604. The molecular weight excluding hydrogens is 383 g/mol. The third kappa shape index (κ3) is 6.13. The first kappa shape index (κ1) is 20.0. The predicted octanol–water partition coefficient (Wildman–Crippen LogP) is 4.46. The number of hydrogen-bond acceptors (Lipinski definition) is 3. The lowest BCUT2D eigenvalue weighted by molar-refractivity contribution is -0.124. The van der Waals surface area contributed by atoms with E-state index in [4.69, 9.17) is 27.9 Å². The van der Waals surface area contributed by atoms with Crippen molar-refractivity contribution in [2.45, 2.75) is 32.4 Å². The highest BCUT2D eigenvalue weighted by atomic mass is 35.5. The van der Waals surface area contributed by atoms with Crippen molar-refractivity contribution >= 4 is 29.1 Å². The van der Waals surface area contributed by atoms with Gasteiger partial charge in [0.2, 0.25) is 0 Å². The molecule has 4 nitrogen and oxygen atoms in total. The molecular formula is C21H24Cl2N2O2. The summed E-state index contributed by atoms with van der Waals surface area (Å²) in [7, 11) is 0. The molecule has 2 aromatic rings. The van der Waals surface area contributed by atoms with Gasteiger partial charge in [0, 0.05) is 35.7 Å². The van der Waals surface area contributed by atoms with Crippen LogP contribution < -0.4 is 10.1 Å². The van der Waals surface area contributed by atoms with E-state index < -0.39 is 0 Å². The summed E-state index contributed by atoms with van der Waals surface area (Å²) in [6.07, 6.45) is 1.89. The molecule has 0 aromatic heterocycles. The Morgan fingerprint density at radius 2 is 1.78 bits per heavy atom. The summed E-state index contributed by atoms with van der Waals surface area (Å²) in [6, 6.07) is 13.6. The molecule has 27 heavy (non-hydrogen) atoms. The number of nitrogens with one attached hydrogen (secondary N) is 1. The monoisotopic (exact) mass is 406 g/mol. The van der Waals surface area contributed by atoms with Gasteiger partial charge in [0.1, 0.15) is 5.75 Å². The summed E-state index contributed by atoms with van der Waals surface area (Å²) in [5, 5.41) is 4.50. The Morgan fingerprint density at radius 3 is 2.44 bits per heavy atom. The normalized spacial score (nSPS) is 15.5. The smallest absolute Gasteiger partial charge is 0.258 e. The highest BCUT2D eigenvalue weighted by Crippen LogP contribution is 2.21. The van der Waals surface area contributed by atoms with Gasteiger partial charge >= 0.3 is 0 Å². The number of benzene rings is 2. The molecule has 0 atom stereocenters. The van der Waals surface area contributed by atoms with Gasteiger partial charge in [-0.15, -0.1) is 0 Å². The second-order valence-corrected chi connectivity index (χ2v) is 7.82. The van der Waals surface area contributed by atoms with Gasteiger partial charge in [-0.05, 0) is 61.2 Å². The first-order valence-electron chi connectivity index (χ1n) is 9.15. The molecule has 6 heteroatoms. The van der Waals surface area contributed by atoms with Crippen LogP contribution >= 0.6 is 23.2 Å². The number of nitrogens with zero attached hydrogens (tertiary/aromatic N) is 1. The Balaban J connectivity index is 1.39. The van der Waals surface area contributed by atoms with Crippen molar-refractivity contribution in [1.82, 2.24) is 10.2 Å². The zero-order valence-electron chi connectivity index (χ0n) is 15.4. The molecule has 0 radical (unpaired) electrons. The maximum absolute atomic E-state index is 12.2. The highest BCUT2D eigenvalue weighted by Gasteiger charge is 2.21. The Hall–Kier alpha value is -1.75. The zero-order chi connectivity index (χ0) is 19.2. The minimum absolute atomic E-state index is 0.0213. The van der Waals surface area contributed by atoms with Crippen LogP contribution in [0.2, 0.25) is 10.0 Å². The van der Waals surface area contributed by atoms with Crippen molar-refractivity contribution < 1.29 is 9.53 Å². The van der Waals surface area contributed by atoms with Gasteiger partial charge in [0.25, 0.3) is 5.91 Å². The van der Waals surface area contributed by atoms with E-state index in [1.54, 1.807) is 12.1 Å². The fraction of sp³-hybridized carbons (Fsp3) is 0.381. The van der Waals surface area contributed by atoms with Crippen molar-refractivity contribution in [2.24, 2.45) is 0 Å². The van der Waals surface area contributed by atoms with Crippen LogP contribution in [0.1, 0.15) is 24.0 Å². The molecule has 3 rings (SSSR count). The maximum atomic E-state index is 12.2. The molecule has 0 aliphatic carbocycles. The molecule has 1 amide bonds. The van der Waals surface area contributed by atoms with Crippen LogP contribution in [0.5, 0.6) is 5.75 Å². The average molecular weight is 407 g/mol. The zero-order valence-corrected chi connectivity index (χ0v) is 16.9. The number of carbonyl (C=O) groups excluding carboxylic acids is 1. The Kier molecular flexibility index (Phi) is 7.00. The van der Waals surface area contributed by atoms with Crippen LogP contribution in [0.15, 0.2) is 42.5 Å². The molecule has 0 spiro atoms. The van der Waals surface area contributed by atoms with Crippen molar-refractivity contribution in [3.05, 3.63) is 63.6 Å². The minimum Gasteiger partial charge on any atom is -0.484 e. The molecule has 0 bridgehead atoms. The highest BCUT2D eigenvalue weighted by molar-refractivity contribution is 6.30. The lowest BCUT2D eigenvalue weighted by Gasteiger charge is -2.32. The molecule has 1 aliphatic rings. The number of rotatable bonds is 6. The van der Waals surface area contributed by atoms with Gasteiger partial charge in [0.05, 0.1) is 0 Å². The van der Waals surface area contributed by atoms with Gasteiger partial charge in [-0.2, -0.15) is 0 Å². The Bertz CT molecular complexity index is 772. The fourth-order valence-electron chi connectivity index (χ4n) is 3.27. The van der Waals surface area contributed by atoms with E-state index in [-0.39, 0.29) is 18.6 Å². The topological polar surface area (TPSA) is 41.6 Å². The quantitative estimate of drug-likeness (QED) is 0.769. The van der Waals surface area contributed by atoms with E-state index in [9.17, 15) is 4.79 Å². The minimum atomic E-state index is -0.0829. The number of hydrogen-bond donors (Lipinski definition) is 1. The van der Waals surface area contributed by atoms with Crippen LogP contribution in [0, 0.1) is 6.92 Å². The number of halogens is 2. The average Bonchev–Trinajstić information content (AvgIpc) is 2.64. The lowest BCUT2D eigenvalue weighted by Crippen LogP contribution is -2.45. The summed E-state index contributed by atoms with van der Waals surface area (Å²) in [6.45, 7) is 4.77. The number of carbonyl (C=O) groups is 1. The summed E-state index contributed by atoms with van der Waals surface area (Å²) in [4.78, 5) is 14.6. The van der Waals surface area contributed by atoms with Crippen LogP contribution in [0.4, 0.5) is 0 Å². The van der Waals surface area contributed by atoms with E-state index in [2.05, 4.69) is 22.3 Å². The molecule has 1 saturated heterocycles. The van der Waals surface area contributed by atoms with E-state index in [1.807, 2.05) is 25.1 Å².